The van der Waals surface area contributed by atoms with Gasteiger partial charge in [-0.15, -0.1) is 0 Å². The molecule has 9 heteroatoms. The van der Waals surface area contributed by atoms with Crippen LogP contribution in [0.15, 0.2) is 64.3 Å². The van der Waals surface area contributed by atoms with Crippen LogP contribution in [0.1, 0.15) is 47.6 Å². The van der Waals surface area contributed by atoms with Gasteiger partial charge in [0, 0.05) is 23.7 Å². The summed E-state index contributed by atoms with van der Waals surface area (Å²) in [5.74, 6) is 0.346. The van der Waals surface area contributed by atoms with E-state index in [-0.39, 0.29) is 17.0 Å². The quantitative estimate of drug-likeness (QED) is 0.237. The first-order valence-electron chi connectivity index (χ1n) is 12.3. The van der Waals surface area contributed by atoms with Crippen LogP contribution in [0.3, 0.4) is 0 Å². The molecule has 38 heavy (non-hydrogen) atoms. The van der Waals surface area contributed by atoms with Gasteiger partial charge in [-0.05, 0) is 42.2 Å². The largest absolute Gasteiger partial charge is 0.367 e. The minimum atomic E-state index is -0.353. The van der Waals surface area contributed by atoms with Gasteiger partial charge in [0.05, 0.1) is 11.4 Å². The summed E-state index contributed by atoms with van der Waals surface area (Å²) in [6.45, 7) is 4.96. The Bertz CT molecular complexity index is 1510. The van der Waals surface area contributed by atoms with Crippen LogP contribution in [0.5, 0.6) is 0 Å². The van der Waals surface area contributed by atoms with Crippen molar-refractivity contribution in [3.8, 4) is 6.07 Å². The lowest BCUT2D eigenvalue weighted by atomic mass is 10.0. The van der Waals surface area contributed by atoms with Gasteiger partial charge in [0.2, 0.25) is 0 Å². The van der Waals surface area contributed by atoms with E-state index in [2.05, 4.69) is 11.4 Å². The lowest BCUT2D eigenvalue weighted by Crippen LogP contribution is -2.28. The minimum absolute atomic E-state index is 0.0652. The molecule has 1 amide bonds. The molecule has 0 aliphatic carbocycles. The molecule has 0 bridgehead atoms. The molecule has 0 radical (unpaired) electrons. The normalized spacial score (nSPS) is 14.3. The molecular weight excluding hydrogens is 536 g/mol. The van der Waals surface area contributed by atoms with Crippen molar-refractivity contribution in [3.05, 3.63) is 103 Å². The molecule has 1 aliphatic heterocycles. The maximum absolute atomic E-state index is 13.4. The molecule has 0 spiro atoms. The number of benzene rings is 2. The zero-order valence-corrected chi connectivity index (χ0v) is 23.6. The molecule has 1 saturated heterocycles. The van der Waals surface area contributed by atoms with Crippen LogP contribution in [0.25, 0.3) is 6.08 Å². The summed E-state index contributed by atoms with van der Waals surface area (Å²) in [6.07, 6.45) is 3.38. The summed E-state index contributed by atoms with van der Waals surface area (Å²) >= 11 is 13.2. The van der Waals surface area contributed by atoms with E-state index in [9.17, 15) is 14.9 Å². The average molecular weight is 563 g/mol. The van der Waals surface area contributed by atoms with Crippen molar-refractivity contribution in [2.24, 2.45) is 0 Å². The van der Waals surface area contributed by atoms with Crippen LogP contribution in [-0.2, 0) is 24.4 Å². The zero-order chi connectivity index (χ0) is 27.2. The number of halogens is 1. The molecule has 0 atom stereocenters. The number of hydrogen-bond acceptors (Lipinski definition) is 6. The summed E-state index contributed by atoms with van der Waals surface area (Å²) in [7, 11) is 0. The Morgan fingerprint density at radius 3 is 2.53 bits per heavy atom. The maximum Gasteiger partial charge on any atom is 0.270 e. The standard InChI is InChI=1S/C29H27ClN4O2S2/c1-3-4-14-33-26(32-17-21-12-8-9-13-24(21)30)22(19(2)23(16-31)27(33)35)15-25-28(36)34(29(37)38-25)18-20-10-6-5-7-11-20/h5-13,15,32H,3-4,14,17-18H2,1-2H3/b25-15+. The SMILES string of the molecule is CCCCn1c(NCc2ccccc2Cl)c(/C=C2/SC(=S)N(Cc3ccccc3)C2=O)c(C)c(C#N)c1=O. The minimum Gasteiger partial charge on any atom is -0.367 e. The number of thioether (sulfide) groups is 1. The van der Waals surface area contributed by atoms with Gasteiger partial charge in [-0.25, -0.2) is 0 Å². The van der Waals surface area contributed by atoms with Gasteiger partial charge in [0.15, 0.2) is 0 Å². The number of carbonyl (C=O) groups is 1. The van der Waals surface area contributed by atoms with Crippen LogP contribution >= 0.6 is 35.6 Å². The average Bonchev–Trinajstić information content (AvgIpc) is 3.17. The third-order valence-electron chi connectivity index (χ3n) is 6.35. The second-order valence-corrected chi connectivity index (χ2v) is 11.0. The molecule has 1 fully saturated rings. The number of nitrogens with one attached hydrogen (secondary N) is 1. The molecule has 6 nitrogen and oxygen atoms in total. The molecule has 1 N–H and O–H groups in total. The van der Waals surface area contributed by atoms with Crippen molar-refractivity contribution in [2.45, 2.75) is 46.3 Å². The van der Waals surface area contributed by atoms with Gasteiger partial charge in [0.1, 0.15) is 21.8 Å². The van der Waals surface area contributed by atoms with E-state index in [1.165, 1.54) is 11.8 Å². The molecule has 194 valence electrons. The van der Waals surface area contributed by atoms with Gasteiger partial charge in [0.25, 0.3) is 11.5 Å². The highest BCUT2D eigenvalue weighted by Gasteiger charge is 2.33. The number of aromatic nitrogens is 1. The number of carbonyl (C=O) groups excluding carboxylic acids is 1. The van der Waals surface area contributed by atoms with Gasteiger partial charge < -0.3 is 5.32 Å². The van der Waals surface area contributed by atoms with Gasteiger partial charge in [-0.2, -0.15) is 5.26 Å². The number of nitriles is 1. The number of unbranched alkanes of at least 4 members (excludes halogenated alkanes) is 1. The van der Waals surface area contributed by atoms with Crippen molar-refractivity contribution < 1.29 is 4.79 Å². The highest BCUT2D eigenvalue weighted by atomic mass is 35.5. The van der Waals surface area contributed by atoms with Crippen molar-refractivity contribution in [3.63, 3.8) is 0 Å². The second-order valence-electron chi connectivity index (χ2n) is 8.88. The smallest absolute Gasteiger partial charge is 0.270 e. The summed E-state index contributed by atoms with van der Waals surface area (Å²) in [5, 5.41) is 13.8. The Morgan fingerprint density at radius 1 is 1.13 bits per heavy atom. The first-order valence-corrected chi connectivity index (χ1v) is 13.9. The lowest BCUT2D eigenvalue weighted by molar-refractivity contribution is -0.122. The Labute approximate surface area is 236 Å². The van der Waals surface area contributed by atoms with Crippen molar-refractivity contribution in [2.75, 3.05) is 5.32 Å². The third kappa shape index (κ3) is 5.86. The number of anilines is 1. The summed E-state index contributed by atoms with van der Waals surface area (Å²) in [6, 6.07) is 19.2. The van der Waals surface area contributed by atoms with E-state index in [1.54, 1.807) is 22.5 Å². The fraction of sp³-hybridized carbons (Fsp3) is 0.241. The Morgan fingerprint density at radius 2 is 1.84 bits per heavy atom. The predicted molar refractivity (Wildman–Crippen MR) is 159 cm³/mol. The lowest BCUT2D eigenvalue weighted by Gasteiger charge is -2.20. The van der Waals surface area contributed by atoms with Crippen LogP contribution in [-0.4, -0.2) is 19.7 Å². The Kier molecular flexibility index (Phi) is 9.05. The molecule has 2 heterocycles. The summed E-state index contributed by atoms with van der Waals surface area (Å²) in [4.78, 5) is 28.8. The highest BCUT2D eigenvalue weighted by molar-refractivity contribution is 8.26. The van der Waals surface area contributed by atoms with E-state index in [1.807, 2.05) is 61.5 Å². The summed E-state index contributed by atoms with van der Waals surface area (Å²) in [5.41, 5.74) is 2.68. The number of amides is 1. The van der Waals surface area contributed by atoms with E-state index < -0.39 is 0 Å². The molecular formula is C29H27ClN4O2S2. The highest BCUT2D eigenvalue weighted by Crippen LogP contribution is 2.36. The summed E-state index contributed by atoms with van der Waals surface area (Å²) < 4.78 is 2.07. The molecule has 1 aromatic heterocycles. The molecule has 0 unspecified atom stereocenters. The van der Waals surface area contributed by atoms with E-state index in [0.29, 0.717) is 50.8 Å². The van der Waals surface area contributed by atoms with Crippen LogP contribution in [0, 0.1) is 18.3 Å². The molecule has 4 rings (SSSR count). The molecule has 0 saturated carbocycles. The first kappa shape index (κ1) is 27.6. The monoisotopic (exact) mass is 562 g/mol. The van der Waals surface area contributed by atoms with Crippen molar-refractivity contribution in [1.82, 2.24) is 9.47 Å². The number of thiocarbonyl (C=S) groups is 1. The van der Waals surface area contributed by atoms with E-state index in [4.69, 9.17) is 23.8 Å². The van der Waals surface area contributed by atoms with E-state index >= 15 is 0 Å². The molecule has 2 aromatic carbocycles. The van der Waals surface area contributed by atoms with Gasteiger partial charge >= 0.3 is 0 Å². The van der Waals surface area contributed by atoms with E-state index in [0.717, 1.165) is 24.0 Å². The fourth-order valence-corrected chi connectivity index (χ4v) is 5.68. The number of hydrogen-bond donors (Lipinski definition) is 1. The zero-order valence-electron chi connectivity index (χ0n) is 21.2. The molecule has 3 aromatic rings. The fourth-order valence-electron chi connectivity index (χ4n) is 4.24. The van der Waals surface area contributed by atoms with Crippen LogP contribution in [0.2, 0.25) is 5.02 Å². The maximum atomic E-state index is 13.4. The Balaban J connectivity index is 1.79. The first-order chi connectivity index (χ1) is 18.3. The van der Waals surface area contributed by atoms with Crippen molar-refractivity contribution >= 4 is 57.7 Å². The second kappa shape index (κ2) is 12.4. The predicted octanol–water partition coefficient (Wildman–Crippen LogP) is 6.50. The van der Waals surface area contributed by atoms with Gasteiger partial charge in [-0.3, -0.25) is 19.1 Å². The Hall–Kier alpha value is -3.38. The number of rotatable bonds is 9. The molecule has 1 aliphatic rings. The number of nitrogens with zero attached hydrogens (tertiary/aromatic N) is 3. The van der Waals surface area contributed by atoms with Crippen LogP contribution in [0.4, 0.5) is 5.82 Å². The topological polar surface area (TPSA) is 78.1 Å². The third-order valence-corrected chi connectivity index (χ3v) is 8.09. The number of pyridine rings is 1. The van der Waals surface area contributed by atoms with Crippen LogP contribution < -0.4 is 10.9 Å². The van der Waals surface area contributed by atoms with Crippen molar-refractivity contribution in [1.29, 1.82) is 5.26 Å². The van der Waals surface area contributed by atoms with Gasteiger partial charge in [-0.1, -0.05) is 97.5 Å².